The van der Waals surface area contributed by atoms with Crippen molar-refractivity contribution < 1.29 is 14.3 Å². The number of aromatic carboxylic acids is 1. The van der Waals surface area contributed by atoms with Gasteiger partial charge in [0.05, 0.1) is 5.56 Å². The molecule has 1 aromatic carbocycles. The number of carboxylic acids is 1. The lowest BCUT2D eigenvalue weighted by Gasteiger charge is -2.06. The van der Waals surface area contributed by atoms with Crippen LogP contribution in [0.1, 0.15) is 10.4 Å². The molecule has 33 heavy (non-hydrogen) atoms. The average Bonchev–Trinajstić information content (AvgIpc) is 3.56. The van der Waals surface area contributed by atoms with Crippen molar-refractivity contribution in [3.63, 3.8) is 0 Å². The van der Waals surface area contributed by atoms with Gasteiger partial charge in [0.2, 0.25) is 5.95 Å². The molecule has 7 nitrogen and oxygen atoms in total. The van der Waals surface area contributed by atoms with Crippen LogP contribution in [-0.2, 0) is 0 Å². The first-order valence-corrected chi connectivity index (χ1v) is 11.4. The van der Waals surface area contributed by atoms with E-state index in [9.17, 15) is 9.18 Å². The Balaban J connectivity index is 0.000000183. The van der Waals surface area contributed by atoms with Crippen molar-refractivity contribution in [2.24, 2.45) is 0 Å². The number of halogens is 1. The van der Waals surface area contributed by atoms with Crippen LogP contribution in [-0.4, -0.2) is 31.0 Å². The largest absolute Gasteiger partial charge is 0.478 e. The minimum absolute atomic E-state index is 0.217. The summed E-state index contributed by atoms with van der Waals surface area (Å²) in [5.41, 5.74) is 3.74. The Hall–Kier alpha value is -4.02. The Kier molecular flexibility index (Phi) is 7.08. The molecule has 4 heterocycles. The SMILES string of the molecule is Fc1ncc(-c2cccs2)cn1.O=C(O)c1cccc(Nc2ncc(-c3ccsc3)cn2)c1. The topological polar surface area (TPSA) is 101 Å². The smallest absolute Gasteiger partial charge is 0.335 e. The van der Waals surface area contributed by atoms with E-state index < -0.39 is 12.0 Å². The summed E-state index contributed by atoms with van der Waals surface area (Å²) >= 11 is 3.20. The van der Waals surface area contributed by atoms with Crippen LogP contribution in [0, 0.1) is 6.08 Å². The fourth-order valence-electron chi connectivity index (χ4n) is 2.71. The third kappa shape index (κ3) is 6.03. The zero-order valence-electron chi connectivity index (χ0n) is 16.9. The van der Waals surface area contributed by atoms with Gasteiger partial charge in [-0.15, -0.1) is 11.3 Å². The quantitative estimate of drug-likeness (QED) is 0.300. The van der Waals surface area contributed by atoms with Gasteiger partial charge in [0.1, 0.15) is 0 Å². The van der Waals surface area contributed by atoms with E-state index in [0.717, 1.165) is 21.6 Å². The molecular weight excluding hydrogens is 461 g/mol. The van der Waals surface area contributed by atoms with Crippen molar-refractivity contribution in [2.45, 2.75) is 0 Å². The maximum atomic E-state index is 12.3. The zero-order valence-corrected chi connectivity index (χ0v) is 18.6. The maximum absolute atomic E-state index is 12.3. The number of benzene rings is 1. The van der Waals surface area contributed by atoms with Gasteiger partial charge in [-0.2, -0.15) is 15.7 Å². The zero-order chi connectivity index (χ0) is 23.0. The third-order valence-corrected chi connectivity index (χ3v) is 5.90. The molecule has 0 saturated carbocycles. The number of aromatic nitrogens is 4. The number of anilines is 2. The number of hydrogen-bond donors (Lipinski definition) is 2. The first-order valence-electron chi connectivity index (χ1n) is 9.55. The first-order chi connectivity index (χ1) is 16.1. The number of carboxylic acid groups (broad SMARTS) is 1. The predicted molar refractivity (Wildman–Crippen MR) is 127 cm³/mol. The summed E-state index contributed by atoms with van der Waals surface area (Å²) < 4.78 is 12.3. The standard InChI is InChI=1S/C15H11N3O2S.C8H5FN2S/c19-14(20)10-2-1-3-13(6-10)18-15-16-7-12(8-17-15)11-4-5-21-9-11;9-8-10-4-6(5-11-8)7-2-1-3-12-7/h1-9H,(H,19,20)(H,16,17,18);1-5H. The molecule has 0 saturated heterocycles. The summed E-state index contributed by atoms with van der Waals surface area (Å²) in [5, 5.41) is 17.9. The van der Waals surface area contributed by atoms with Crippen LogP contribution in [0.2, 0.25) is 0 Å². The van der Waals surface area contributed by atoms with E-state index in [1.165, 1.54) is 18.5 Å². The van der Waals surface area contributed by atoms with Crippen molar-refractivity contribution >= 4 is 40.3 Å². The molecular formula is C23H16FN5O2S2. The summed E-state index contributed by atoms with van der Waals surface area (Å²) in [5.74, 6) is -0.538. The highest BCUT2D eigenvalue weighted by atomic mass is 32.1. The van der Waals surface area contributed by atoms with Crippen LogP contribution in [0.5, 0.6) is 0 Å². The first kappa shape index (κ1) is 22.2. The second kappa shape index (κ2) is 10.5. The van der Waals surface area contributed by atoms with Gasteiger partial charge in [-0.05, 0) is 52.0 Å². The highest BCUT2D eigenvalue weighted by Crippen LogP contribution is 2.23. The van der Waals surface area contributed by atoms with Gasteiger partial charge in [0.25, 0.3) is 0 Å². The van der Waals surface area contributed by atoms with E-state index >= 15 is 0 Å². The van der Waals surface area contributed by atoms with Gasteiger partial charge < -0.3 is 10.4 Å². The lowest BCUT2D eigenvalue weighted by molar-refractivity contribution is 0.0697. The maximum Gasteiger partial charge on any atom is 0.335 e. The lowest BCUT2D eigenvalue weighted by atomic mass is 10.2. The summed E-state index contributed by atoms with van der Waals surface area (Å²) in [6, 6.07) is 12.4. The fraction of sp³-hybridized carbons (Fsp3) is 0. The Labute approximate surface area is 196 Å². The molecule has 0 spiro atoms. The lowest BCUT2D eigenvalue weighted by Crippen LogP contribution is -2.00. The van der Waals surface area contributed by atoms with Crippen LogP contribution in [0.4, 0.5) is 16.0 Å². The Morgan fingerprint density at radius 1 is 0.879 bits per heavy atom. The van der Waals surface area contributed by atoms with Crippen LogP contribution in [0.3, 0.4) is 0 Å². The van der Waals surface area contributed by atoms with Crippen molar-refractivity contribution in [3.05, 3.63) is 95.0 Å². The van der Waals surface area contributed by atoms with Crippen LogP contribution in [0.25, 0.3) is 21.6 Å². The summed E-state index contributed by atoms with van der Waals surface area (Å²) in [4.78, 5) is 27.4. The van der Waals surface area contributed by atoms with Crippen LogP contribution < -0.4 is 5.32 Å². The molecule has 0 radical (unpaired) electrons. The van der Waals surface area contributed by atoms with E-state index in [4.69, 9.17) is 5.11 Å². The minimum atomic E-state index is -0.965. The fourth-order valence-corrected chi connectivity index (χ4v) is 4.08. The molecule has 5 rings (SSSR count). The van der Waals surface area contributed by atoms with Crippen molar-refractivity contribution in [1.29, 1.82) is 0 Å². The number of thiophene rings is 2. The third-order valence-electron chi connectivity index (χ3n) is 4.30. The molecule has 0 aliphatic heterocycles. The Morgan fingerprint density at radius 3 is 2.27 bits per heavy atom. The molecule has 0 atom stereocenters. The number of nitrogens with one attached hydrogen (secondary N) is 1. The second-order valence-electron chi connectivity index (χ2n) is 6.54. The number of carbonyl (C=O) groups is 1. The molecule has 0 aliphatic carbocycles. The average molecular weight is 478 g/mol. The molecule has 164 valence electrons. The van der Waals surface area contributed by atoms with Gasteiger partial charge in [-0.3, -0.25) is 0 Å². The van der Waals surface area contributed by atoms with Gasteiger partial charge in [-0.1, -0.05) is 12.1 Å². The molecule has 2 N–H and O–H groups in total. The van der Waals surface area contributed by atoms with E-state index in [0.29, 0.717) is 11.6 Å². The monoisotopic (exact) mass is 477 g/mol. The Bertz CT molecular complexity index is 1310. The van der Waals surface area contributed by atoms with Crippen LogP contribution >= 0.6 is 22.7 Å². The molecule has 5 aromatic rings. The van der Waals surface area contributed by atoms with Gasteiger partial charge in [-0.25, -0.2) is 24.7 Å². The molecule has 0 aliphatic rings. The van der Waals surface area contributed by atoms with Crippen molar-refractivity contribution in [3.8, 4) is 21.6 Å². The van der Waals surface area contributed by atoms with Crippen LogP contribution in [0.15, 0.2) is 83.4 Å². The van der Waals surface area contributed by atoms with Crippen molar-refractivity contribution in [2.75, 3.05) is 5.32 Å². The van der Waals surface area contributed by atoms with E-state index in [2.05, 4.69) is 25.3 Å². The molecule has 0 unspecified atom stereocenters. The van der Waals surface area contributed by atoms with Gasteiger partial charge in [0.15, 0.2) is 0 Å². The minimum Gasteiger partial charge on any atom is -0.478 e. The molecule has 0 bridgehead atoms. The molecule has 0 amide bonds. The second-order valence-corrected chi connectivity index (χ2v) is 8.26. The predicted octanol–water partition coefficient (Wildman–Crippen LogP) is 5.99. The molecule has 4 aromatic heterocycles. The summed E-state index contributed by atoms with van der Waals surface area (Å²) in [6.45, 7) is 0. The number of nitrogens with zero attached hydrogens (tertiary/aromatic N) is 4. The molecule has 0 fully saturated rings. The van der Waals surface area contributed by atoms with E-state index in [-0.39, 0.29) is 5.56 Å². The van der Waals surface area contributed by atoms with Crippen molar-refractivity contribution in [1.82, 2.24) is 19.9 Å². The number of rotatable bonds is 5. The van der Waals surface area contributed by atoms with Gasteiger partial charge in [0, 0.05) is 46.5 Å². The van der Waals surface area contributed by atoms with Gasteiger partial charge >= 0.3 is 12.0 Å². The summed E-state index contributed by atoms with van der Waals surface area (Å²) in [7, 11) is 0. The normalized spacial score (nSPS) is 10.2. The molecule has 10 heteroatoms. The van der Waals surface area contributed by atoms with E-state index in [1.807, 2.05) is 34.3 Å². The highest BCUT2D eigenvalue weighted by molar-refractivity contribution is 7.13. The Morgan fingerprint density at radius 2 is 1.64 bits per heavy atom. The summed E-state index contributed by atoms with van der Waals surface area (Å²) in [6.07, 6.45) is 5.74. The highest BCUT2D eigenvalue weighted by Gasteiger charge is 2.05. The van der Waals surface area contributed by atoms with E-state index in [1.54, 1.807) is 53.3 Å². The number of hydrogen-bond acceptors (Lipinski definition) is 8.